The van der Waals surface area contributed by atoms with Gasteiger partial charge in [-0.25, -0.2) is 8.42 Å². The highest BCUT2D eigenvalue weighted by Gasteiger charge is 2.31. The Kier molecular flexibility index (Phi) is 4.29. The highest BCUT2D eigenvalue weighted by Crippen LogP contribution is 2.23. The maximum Gasteiger partial charge on any atom is 0.321 e. The third-order valence-electron chi connectivity index (χ3n) is 3.51. The molecule has 112 valence electrons. The molecule has 2 aromatic rings. The van der Waals surface area contributed by atoms with E-state index in [4.69, 9.17) is 5.11 Å². The molecule has 0 heterocycles. The number of likely N-dealkylation sites (N-methyl/N-ethyl adjacent to an activating group) is 1. The van der Waals surface area contributed by atoms with Gasteiger partial charge in [0.25, 0.3) is 0 Å². The molecule has 0 spiro atoms. The Bertz CT molecular complexity index is 770. The number of aliphatic carboxylic acids is 1. The molecule has 0 saturated heterocycles. The Hall–Kier alpha value is -1.92. The normalized spacial score (nSPS) is 13.5. The van der Waals surface area contributed by atoms with Gasteiger partial charge < -0.3 is 5.11 Å². The number of sulfonamides is 1. The van der Waals surface area contributed by atoms with Gasteiger partial charge in [-0.3, -0.25) is 4.79 Å². The van der Waals surface area contributed by atoms with Crippen LogP contribution in [0.4, 0.5) is 0 Å². The summed E-state index contributed by atoms with van der Waals surface area (Å²) in [6, 6.07) is 11.1. The van der Waals surface area contributed by atoms with Crippen molar-refractivity contribution in [2.75, 3.05) is 7.05 Å². The van der Waals surface area contributed by atoms with Gasteiger partial charge in [-0.2, -0.15) is 4.31 Å². The van der Waals surface area contributed by atoms with E-state index in [0.717, 1.165) is 15.1 Å². The highest BCUT2D eigenvalue weighted by molar-refractivity contribution is 7.89. The SMILES string of the molecule is CCC(C(=O)O)N(C)S(=O)(=O)c1ccc2ccccc2c1. The molecule has 21 heavy (non-hydrogen) atoms. The molecule has 1 N–H and O–H groups in total. The summed E-state index contributed by atoms with van der Waals surface area (Å²) in [5.41, 5.74) is 0. The van der Waals surface area contributed by atoms with Crippen LogP contribution in [-0.4, -0.2) is 36.9 Å². The van der Waals surface area contributed by atoms with Crippen LogP contribution in [0.2, 0.25) is 0 Å². The van der Waals surface area contributed by atoms with Crippen LogP contribution >= 0.6 is 0 Å². The number of nitrogens with zero attached hydrogens (tertiary/aromatic N) is 1. The van der Waals surface area contributed by atoms with Crippen LogP contribution < -0.4 is 0 Å². The van der Waals surface area contributed by atoms with Crippen LogP contribution in [0.25, 0.3) is 10.8 Å². The van der Waals surface area contributed by atoms with Crippen LogP contribution in [0.1, 0.15) is 13.3 Å². The predicted molar refractivity (Wildman–Crippen MR) is 80.6 cm³/mol. The van der Waals surface area contributed by atoms with Crippen LogP contribution in [0.5, 0.6) is 0 Å². The minimum Gasteiger partial charge on any atom is -0.480 e. The standard InChI is InChI=1S/C15H17NO4S/c1-3-14(15(17)18)16(2)21(19,20)13-9-8-11-6-4-5-7-12(11)10-13/h4-10,14H,3H2,1-2H3,(H,17,18). The first-order valence-electron chi connectivity index (χ1n) is 6.57. The van der Waals surface area contributed by atoms with Gasteiger partial charge in [0.1, 0.15) is 6.04 Å². The number of hydrogen-bond acceptors (Lipinski definition) is 3. The molecule has 0 amide bonds. The highest BCUT2D eigenvalue weighted by atomic mass is 32.2. The summed E-state index contributed by atoms with van der Waals surface area (Å²) < 4.78 is 26.0. The number of benzene rings is 2. The average Bonchev–Trinajstić information content (AvgIpc) is 2.46. The first kappa shape index (κ1) is 15.5. The average molecular weight is 307 g/mol. The monoisotopic (exact) mass is 307 g/mol. The lowest BCUT2D eigenvalue weighted by Crippen LogP contribution is -2.41. The Labute approximate surface area is 123 Å². The molecule has 0 aliphatic rings. The molecule has 6 heteroatoms. The van der Waals surface area contributed by atoms with Crippen molar-refractivity contribution in [3.05, 3.63) is 42.5 Å². The minimum atomic E-state index is -3.83. The van der Waals surface area contributed by atoms with E-state index in [-0.39, 0.29) is 11.3 Å². The third-order valence-corrected chi connectivity index (χ3v) is 5.37. The molecule has 1 atom stereocenters. The van der Waals surface area contributed by atoms with Crippen molar-refractivity contribution >= 4 is 26.8 Å². The second-order valence-electron chi connectivity index (χ2n) is 4.79. The summed E-state index contributed by atoms with van der Waals surface area (Å²) in [6.45, 7) is 1.64. The second kappa shape index (κ2) is 5.83. The van der Waals surface area contributed by atoms with Crippen LogP contribution in [-0.2, 0) is 14.8 Å². The molecule has 1 unspecified atom stereocenters. The summed E-state index contributed by atoms with van der Waals surface area (Å²) in [7, 11) is -2.54. The molecule has 0 bridgehead atoms. The first-order chi connectivity index (χ1) is 9.87. The molecule has 0 aliphatic heterocycles. The largest absolute Gasteiger partial charge is 0.480 e. The van der Waals surface area contributed by atoms with E-state index in [1.165, 1.54) is 13.1 Å². The van der Waals surface area contributed by atoms with E-state index in [0.29, 0.717) is 0 Å². The summed E-state index contributed by atoms with van der Waals surface area (Å²) in [6.07, 6.45) is 0.207. The van der Waals surface area contributed by atoms with Crippen molar-refractivity contribution in [3.63, 3.8) is 0 Å². The Morgan fingerprint density at radius 3 is 2.38 bits per heavy atom. The number of carboxylic acid groups (broad SMARTS) is 1. The van der Waals surface area contributed by atoms with Crippen molar-refractivity contribution in [3.8, 4) is 0 Å². The molecule has 2 rings (SSSR count). The van der Waals surface area contributed by atoms with E-state index in [1.54, 1.807) is 19.1 Å². The van der Waals surface area contributed by atoms with E-state index in [1.807, 2.05) is 24.3 Å². The maximum absolute atomic E-state index is 12.5. The molecular formula is C15H17NO4S. The van der Waals surface area contributed by atoms with E-state index in [9.17, 15) is 13.2 Å². The smallest absolute Gasteiger partial charge is 0.321 e. The van der Waals surface area contributed by atoms with Crippen LogP contribution in [0, 0.1) is 0 Å². The van der Waals surface area contributed by atoms with E-state index >= 15 is 0 Å². The van der Waals surface area contributed by atoms with Crippen LogP contribution in [0.15, 0.2) is 47.4 Å². The molecular weight excluding hydrogens is 290 g/mol. The predicted octanol–water partition coefficient (Wildman–Crippen LogP) is 2.32. The van der Waals surface area contributed by atoms with Gasteiger partial charge in [-0.15, -0.1) is 0 Å². The second-order valence-corrected chi connectivity index (χ2v) is 6.79. The quantitative estimate of drug-likeness (QED) is 0.920. The van der Waals surface area contributed by atoms with Gasteiger partial charge in [-0.1, -0.05) is 37.3 Å². The van der Waals surface area contributed by atoms with Gasteiger partial charge in [0.15, 0.2) is 0 Å². The van der Waals surface area contributed by atoms with E-state index < -0.39 is 22.0 Å². The fourth-order valence-corrected chi connectivity index (χ4v) is 3.67. The zero-order valence-electron chi connectivity index (χ0n) is 11.9. The Morgan fingerprint density at radius 2 is 1.81 bits per heavy atom. The molecule has 0 aromatic heterocycles. The zero-order valence-corrected chi connectivity index (χ0v) is 12.7. The summed E-state index contributed by atoms with van der Waals surface area (Å²) >= 11 is 0. The third kappa shape index (κ3) is 2.91. The number of fused-ring (bicyclic) bond motifs is 1. The summed E-state index contributed by atoms with van der Waals surface area (Å²) in [4.78, 5) is 11.3. The number of carbonyl (C=O) groups is 1. The van der Waals surface area contributed by atoms with Gasteiger partial charge in [0.2, 0.25) is 10.0 Å². The van der Waals surface area contributed by atoms with Gasteiger partial charge in [-0.05, 0) is 29.3 Å². The number of rotatable bonds is 5. The van der Waals surface area contributed by atoms with E-state index in [2.05, 4.69) is 0 Å². The molecule has 0 radical (unpaired) electrons. The lowest BCUT2D eigenvalue weighted by Gasteiger charge is -2.23. The molecule has 0 saturated carbocycles. The molecule has 5 nitrogen and oxygen atoms in total. The number of carboxylic acids is 1. The van der Waals surface area contributed by atoms with Crippen molar-refractivity contribution in [1.29, 1.82) is 0 Å². The van der Waals surface area contributed by atoms with Crippen molar-refractivity contribution in [2.24, 2.45) is 0 Å². The summed E-state index contributed by atoms with van der Waals surface area (Å²) in [5.74, 6) is -1.15. The van der Waals surface area contributed by atoms with Gasteiger partial charge in [0.05, 0.1) is 4.90 Å². The minimum absolute atomic E-state index is 0.100. The number of hydrogen-bond donors (Lipinski definition) is 1. The van der Waals surface area contributed by atoms with Crippen molar-refractivity contribution < 1.29 is 18.3 Å². The molecule has 0 aliphatic carbocycles. The lowest BCUT2D eigenvalue weighted by atomic mass is 10.1. The maximum atomic E-state index is 12.5. The zero-order chi connectivity index (χ0) is 15.6. The molecule has 2 aromatic carbocycles. The summed E-state index contributed by atoms with van der Waals surface area (Å²) in [5, 5.41) is 10.9. The van der Waals surface area contributed by atoms with Crippen molar-refractivity contribution in [2.45, 2.75) is 24.3 Å². The fourth-order valence-electron chi connectivity index (χ4n) is 2.25. The van der Waals surface area contributed by atoms with Gasteiger partial charge >= 0.3 is 5.97 Å². The Morgan fingerprint density at radius 1 is 1.19 bits per heavy atom. The van der Waals surface area contributed by atoms with Crippen molar-refractivity contribution in [1.82, 2.24) is 4.31 Å². The first-order valence-corrected chi connectivity index (χ1v) is 8.01. The van der Waals surface area contributed by atoms with Gasteiger partial charge in [0, 0.05) is 7.05 Å². The fraction of sp³-hybridized carbons (Fsp3) is 0.267. The Balaban J connectivity index is 2.48. The van der Waals surface area contributed by atoms with Crippen LogP contribution in [0.3, 0.4) is 0 Å². The molecule has 0 fully saturated rings. The topological polar surface area (TPSA) is 74.7 Å². The lowest BCUT2D eigenvalue weighted by molar-refractivity contribution is -0.141.